The number of rotatable bonds is 4. The van der Waals surface area contributed by atoms with Gasteiger partial charge in [-0.25, -0.2) is 4.21 Å². The van der Waals surface area contributed by atoms with Gasteiger partial charge in [-0.1, -0.05) is 30.3 Å². The minimum Gasteiger partial charge on any atom is -0.278 e. The molecule has 0 fully saturated rings. The van der Waals surface area contributed by atoms with E-state index in [1.165, 1.54) is 6.08 Å². The van der Waals surface area contributed by atoms with E-state index in [9.17, 15) is 17.4 Å². The molecule has 1 aromatic carbocycles. The third-order valence-corrected chi connectivity index (χ3v) is 2.22. The maximum atomic E-state index is 11.7. The van der Waals surface area contributed by atoms with Crippen LogP contribution >= 0.6 is 0 Å². The van der Waals surface area contributed by atoms with Crippen LogP contribution in [0.25, 0.3) is 6.08 Å². The molecule has 0 aliphatic carbocycles. The average Bonchev–Trinajstić information content (AvgIpc) is 2.24. The zero-order chi connectivity index (χ0) is 12.0. The van der Waals surface area contributed by atoms with Crippen LogP contribution in [0.5, 0.6) is 0 Å². The summed E-state index contributed by atoms with van der Waals surface area (Å²) in [7, 11) is 0. The smallest absolute Gasteiger partial charge is 0.278 e. The van der Waals surface area contributed by atoms with Crippen molar-refractivity contribution in [2.24, 2.45) is 0 Å². The lowest BCUT2D eigenvalue weighted by molar-refractivity contribution is -0.151. The van der Waals surface area contributed by atoms with Crippen LogP contribution in [0.2, 0.25) is 0 Å². The predicted octanol–water partition coefficient (Wildman–Crippen LogP) is 2.90. The van der Waals surface area contributed by atoms with E-state index < -0.39 is 23.9 Å². The molecule has 0 heterocycles. The van der Waals surface area contributed by atoms with E-state index in [2.05, 4.69) is 4.18 Å². The van der Waals surface area contributed by atoms with Gasteiger partial charge in [0.15, 0.2) is 17.7 Å². The molecule has 0 radical (unpaired) electrons. The molecule has 0 saturated carbocycles. The van der Waals surface area contributed by atoms with Gasteiger partial charge in [0.05, 0.1) is 0 Å². The van der Waals surface area contributed by atoms with Gasteiger partial charge in [0.2, 0.25) is 0 Å². The van der Waals surface area contributed by atoms with E-state index >= 15 is 0 Å². The highest BCUT2D eigenvalue weighted by Crippen LogP contribution is 2.15. The highest BCUT2D eigenvalue weighted by molar-refractivity contribution is 7.83. The minimum atomic E-state index is -4.46. The molecule has 0 saturated heterocycles. The summed E-state index contributed by atoms with van der Waals surface area (Å²) in [6.07, 6.45) is -3.03. The Balaban J connectivity index is 2.43. The second-order valence-electron chi connectivity index (χ2n) is 2.85. The van der Waals surface area contributed by atoms with Crippen molar-refractivity contribution in [3.05, 3.63) is 41.3 Å². The molecule has 0 aliphatic heterocycles. The van der Waals surface area contributed by atoms with Gasteiger partial charge >= 0.3 is 6.18 Å². The highest BCUT2D eigenvalue weighted by atomic mass is 32.2. The Morgan fingerprint density at radius 2 is 1.88 bits per heavy atom. The Bertz CT molecular complexity index is 373. The summed E-state index contributed by atoms with van der Waals surface area (Å²) in [5.41, 5.74) is 0.742. The molecule has 1 unspecified atom stereocenters. The van der Waals surface area contributed by atoms with Crippen molar-refractivity contribution in [3.8, 4) is 0 Å². The zero-order valence-corrected chi connectivity index (χ0v) is 8.92. The largest absolute Gasteiger partial charge is 0.413 e. The van der Waals surface area contributed by atoms with Crippen molar-refractivity contribution in [1.82, 2.24) is 0 Å². The lowest BCUT2D eigenvalue weighted by Gasteiger charge is -2.03. The summed E-state index contributed by atoms with van der Waals surface area (Å²) in [4.78, 5) is 0. The van der Waals surface area contributed by atoms with Crippen molar-refractivity contribution in [1.29, 1.82) is 0 Å². The van der Waals surface area contributed by atoms with Crippen LogP contribution in [0, 0.1) is 0 Å². The quantitative estimate of drug-likeness (QED) is 0.821. The van der Waals surface area contributed by atoms with Gasteiger partial charge in [0.25, 0.3) is 0 Å². The molecule has 6 heteroatoms. The topological polar surface area (TPSA) is 26.3 Å². The third-order valence-electron chi connectivity index (χ3n) is 1.51. The fourth-order valence-electron chi connectivity index (χ4n) is 0.862. The Hall–Kier alpha value is -1.14. The van der Waals surface area contributed by atoms with Crippen LogP contribution in [0.15, 0.2) is 35.7 Å². The average molecular weight is 250 g/mol. The molecule has 16 heavy (non-hydrogen) atoms. The highest BCUT2D eigenvalue weighted by Gasteiger charge is 2.28. The Kier molecular flexibility index (Phi) is 4.70. The van der Waals surface area contributed by atoms with Gasteiger partial charge in [-0.3, -0.25) is 4.18 Å². The van der Waals surface area contributed by atoms with E-state index in [0.29, 0.717) is 0 Å². The van der Waals surface area contributed by atoms with E-state index in [1.54, 1.807) is 30.3 Å². The van der Waals surface area contributed by atoms with Gasteiger partial charge < -0.3 is 0 Å². The second kappa shape index (κ2) is 5.81. The summed E-state index contributed by atoms with van der Waals surface area (Å²) < 4.78 is 50.1. The van der Waals surface area contributed by atoms with Crippen molar-refractivity contribution in [2.45, 2.75) is 6.18 Å². The van der Waals surface area contributed by atoms with Gasteiger partial charge in [-0.15, -0.1) is 0 Å². The van der Waals surface area contributed by atoms with Crippen molar-refractivity contribution >= 4 is 17.2 Å². The number of hydrogen-bond donors (Lipinski definition) is 0. The van der Waals surface area contributed by atoms with Crippen LogP contribution < -0.4 is 0 Å². The number of benzene rings is 1. The van der Waals surface area contributed by atoms with Crippen LogP contribution in [-0.2, 0) is 15.3 Å². The third kappa shape index (κ3) is 5.67. The predicted molar refractivity (Wildman–Crippen MR) is 55.6 cm³/mol. The standard InChI is InChI=1S/C10H9F3O2S/c11-10(12,13)8-15-16(14)7-6-9-4-2-1-3-5-9/h1-7H,8H2. The molecule has 1 aromatic rings. The monoisotopic (exact) mass is 250 g/mol. The van der Waals surface area contributed by atoms with E-state index in [-0.39, 0.29) is 0 Å². The van der Waals surface area contributed by atoms with E-state index in [1.807, 2.05) is 0 Å². The van der Waals surface area contributed by atoms with Crippen LogP contribution in [-0.4, -0.2) is 17.0 Å². The Labute approximate surface area is 93.4 Å². The van der Waals surface area contributed by atoms with Gasteiger partial charge in [-0.05, 0) is 11.6 Å². The van der Waals surface area contributed by atoms with Crippen molar-refractivity contribution in [3.63, 3.8) is 0 Å². The van der Waals surface area contributed by atoms with Gasteiger partial charge in [0.1, 0.15) is 0 Å². The fraction of sp³-hybridized carbons (Fsp3) is 0.200. The van der Waals surface area contributed by atoms with Crippen LogP contribution in [0.3, 0.4) is 0 Å². The summed E-state index contributed by atoms with van der Waals surface area (Å²) in [6.45, 7) is -1.52. The minimum absolute atomic E-state index is 0.742. The SMILES string of the molecule is O=S(C=Cc1ccccc1)OCC(F)(F)F. The summed E-state index contributed by atoms with van der Waals surface area (Å²) in [6, 6.07) is 8.79. The number of alkyl halides is 3. The first-order valence-electron chi connectivity index (χ1n) is 4.31. The lowest BCUT2D eigenvalue weighted by Crippen LogP contribution is -2.17. The van der Waals surface area contributed by atoms with E-state index in [4.69, 9.17) is 0 Å². The number of halogens is 3. The molecule has 0 amide bonds. The Morgan fingerprint density at radius 1 is 1.25 bits per heavy atom. The molecule has 2 nitrogen and oxygen atoms in total. The molecule has 88 valence electrons. The van der Waals surface area contributed by atoms with E-state index in [0.717, 1.165) is 11.0 Å². The second-order valence-corrected chi connectivity index (χ2v) is 3.88. The summed E-state index contributed by atoms with van der Waals surface area (Å²) >= 11 is -2.07. The Morgan fingerprint density at radius 3 is 2.44 bits per heavy atom. The molecule has 0 aromatic heterocycles. The molecule has 1 atom stereocenters. The molecule has 0 bridgehead atoms. The first-order chi connectivity index (χ1) is 7.47. The van der Waals surface area contributed by atoms with Gasteiger partial charge in [-0.2, -0.15) is 13.2 Å². The maximum absolute atomic E-state index is 11.7. The molecule has 0 spiro atoms. The van der Waals surface area contributed by atoms with Crippen molar-refractivity contribution in [2.75, 3.05) is 6.61 Å². The van der Waals surface area contributed by atoms with Crippen molar-refractivity contribution < 1.29 is 21.6 Å². The maximum Gasteiger partial charge on any atom is 0.413 e. The molecular weight excluding hydrogens is 241 g/mol. The molecule has 0 N–H and O–H groups in total. The zero-order valence-electron chi connectivity index (χ0n) is 8.11. The molecule has 0 aliphatic rings. The number of hydrogen-bond acceptors (Lipinski definition) is 2. The first kappa shape index (κ1) is 12.9. The summed E-state index contributed by atoms with van der Waals surface area (Å²) in [5, 5.41) is 1.07. The normalized spacial score (nSPS) is 14.2. The van der Waals surface area contributed by atoms with Crippen LogP contribution in [0.4, 0.5) is 13.2 Å². The van der Waals surface area contributed by atoms with Gasteiger partial charge in [0, 0.05) is 5.41 Å². The molecular formula is C10H9F3O2S. The fourth-order valence-corrected chi connectivity index (χ4v) is 1.46. The molecule has 1 rings (SSSR count). The first-order valence-corrected chi connectivity index (χ1v) is 5.45. The summed E-state index contributed by atoms with van der Waals surface area (Å²) in [5.74, 6) is 0. The lowest BCUT2D eigenvalue weighted by atomic mass is 10.2. The van der Waals surface area contributed by atoms with Crippen LogP contribution in [0.1, 0.15) is 5.56 Å².